The van der Waals surface area contributed by atoms with Crippen molar-refractivity contribution in [2.24, 2.45) is 5.92 Å². The van der Waals surface area contributed by atoms with Crippen LogP contribution in [0, 0.1) is 5.92 Å². The molecule has 2 nitrogen and oxygen atoms in total. The second-order valence-electron chi connectivity index (χ2n) is 5.71. The Morgan fingerprint density at radius 1 is 0.867 bits per heavy atom. The van der Waals surface area contributed by atoms with Gasteiger partial charge in [-0.2, -0.15) is 0 Å². The van der Waals surface area contributed by atoms with Crippen molar-refractivity contribution >= 4 is 0 Å². The monoisotopic (exact) mass is 208 g/mol. The number of hydrogen-bond acceptors (Lipinski definition) is 2. The van der Waals surface area contributed by atoms with Crippen molar-refractivity contribution in [3.8, 4) is 0 Å². The third-order valence-corrected chi connectivity index (χ3v) is 4.20. The predicted octanol–water partition coefficient (Wildman–Crippen LogP) is 2.00. The molecule has 0 radical (unpaired) electrons. The summed E-state index contributed by atoms with van der Waals surface area (Å²) in [4.78, 5) is 2.88. The van der Waals surface area contributed by atoms with Crippen LogP contribution in [0.1, 0.15) is 44.9 Å². The smallest absolute Gasteiger partial charge is 0.0111 e. The van der Waals surface area contributed by atoms with Crippen molar-refractivity contribution in [3.05, 3.63) is 0 Å². The maximum atomic E-state index is 3.53. The van der Waals surface area contributed by atoms with Crippen LogP contribution < -0.4 is 5.32 Å². The second kappa shape index (κ2) is 4.42. The van der Waals surface area contributed by atoms with Crippen LogP contribution >= 0.6 is 0 Å². The standard InChI is InChI=1S/C13H24N2/c1-2-12(7-9-14-8-1)15(13-5-6-13)10-11-3-4-11/h11-14H,1-10H2. The second-order valence-corrected chi connectivity index (χ2v) is 5.71. The van der Waals surface area contributed by atoms with Gasteiger partial charge in [-0.15, -0.1) is 0 Å². The SMILES string of the molecule is C1CNCCC(N(CC2CC2)C2CC2)C1. The van der Waals surface area contributed by atoms with Crippen LogP contribution in [0.5, 0.6) is 0 Å². The Labute approximate surface area is 93.4 Å². The fraction of sp³-hybridized carbons (Fsp3) is 1.00. The van der Waals surface area contributed by atoms with E-state index in [1.807, 2.05) is 0 Å². The van der Waals surface area contributed by atoms with Crippen molar-refractivity contribution in [2.75, 3.05) is 19.6 Å². The molecule has 0 aromatic rings. The van der Waals surface area contributed by atoms with Crippen LogP contribution in [0.4, 0.5) is 0 Å². The lowest BCUT2D eigenvalue weighted by molar-refractivity contribution is 0.164. The van der Waals surface area contributed by atoms with Crippen molar-refractivity contribution in [1.82, 2.24) is 10.2 Å². The molecule has 0 aromatic carbocycles. The van der Waals surface area contributed by atoms with Gasteiger partial charge in [0.05, 0.1) is 0 Å². The largest absolute Gasteiger partial charge is 0.317 e. The third-order valence-electron chi connectivity index (χ3n) is 4.20. The fourth-order valence-corrected chi connectivity index (χ4v) is 2.93. The van der Waals surface area contributed by atoms with E-state index >= 15 is 0 Å². The summed E-state index contributed by atoms with van der Waals surface area (Å²) in [6.45, 7) is 3.92. The molecule has 0 spiro atoms. The average molecular weight is 208 g/mol. The molecular weight excluding hydrogens is 184 g/mol. The molecule has 2 saturated carbocycles. The predicted molar refractivity (Wildman–Crippen MR) is 63.0 cm³/mol. The number of rotatable bonds is 4. The maximum absolute atomic E-state index is 3.53. The molecule has 1 N–H and O–H groups in total. The lowest BCUT2D eigenvalue weighted by atomic mass is 10.1. The molecule has 0 aromatic heterocycles. The number of hydrogen-bond donors (Lipinski definition) is 1. The van der Waals surface area contributed by atoms with E-state index in [0.29, 0.717) is 0 Å². The van der Waals surface area contributed by atoms with E-state index in [1.165, 1.54) is 64.6 Å². The minimum Gasteiger partial charge on any atom is -0.317 e. The summed E-state index contributed by atoms with van der Waals surface area (Å²) in [6.07, 6.45) is 10.2. The van der Waals surface area contributed by atoms with Gasteiger partial charge in [0.1, 0.15) is 0 Å². The van der Waals surface area contributed by atoms with Crippen LogP contribution in [0.2, 0.25) is 0 Å². The highest BCUT2D eigenvalue weighted by Gasteiger charge is 2.37. The van der Waals surface area contributed by atoms with Gasteiger partial charge in [-0.3, -0.25) is 4.90 Å². The molecule has 0 amide bonds. The minimum atomic E-state index is 0.910. The minimum absolute atomic E-state index is 0.910. The van der Waals surface area contributed by atoms with Gasteiger partial charge in [0, 0.05) is 18.6 Å². The van der Waals surface area contributed by atoms with E-state index in [1.54, 1.807) is 0 Å². The Hall–Kier alpha value is -0.0800. The summed E-state index contributed by atoms with van der Waals surface area (Å²) in [5, 5.41) is 3.53. The van der Waals surface area contributed by atoms with E-state index in [-0.39, 0.29) is 0 Å². The van der Waals surface area contributed by atoms with E-state index in [9.17, 15) is 0 Å². The Balaban J connectivity index is 1.58. The molecular formula is C13H24N2. The summed E-state index contributed by atoms with van der Waals surface area (Å²) in [6, 6.07) is 1.89. The van der Waals surface area contributed by atoms with Crippen molar-refractivity contribution < 1.29 is 0 Å². The normalized spacial score (nSPS) is 33.0. The van der Waals surface area contributed by atoms with Crippen molar-refractivity contribution in [2.45, 2.75) is 57.0 Å². The van der Waals surface area contributed by atoms with Gasteiger partial charge < -0.3 is 5.32 Å². The van der Waals surface area contributed by atoms with Crippen LogP contribution in [0.25, 0.3) is 0 Å². The Morgan fingerprint density at radius 3 is 2.40 bits per heavy atom. The van der Waals surface area contributed by atoms with E-state index in [4.69, 9.17) is 0 Å². The third kappa shape index (κ3) is 2.73. The van der Waals surface area contributed by atoms with E-state index in [2.05, 4.69) is 10.2 Å². The molecule has 3 aliphatic rings. The van der Waals surface area contributed by atoms with E-state index in [0.717, 1.165) is 18.0 Å². The van der Waals surface area contributed by atoms with Crippen LogP contribution in [0.15, 0.2) is 0 Å². The quantitative estimate of drug-likeness (QED) is 0.760. The van der Waals surface area contributed by atoms with Gasteiger partial charge in [0.15, 0.2) is 0 Å². The first-order valence-electron chi connectivity index (χ1n) is 6.90. The zero-order valence-electron chi connectivity index (χ0n) is 9.75. The molecule has 86 valence electrons. The number of nitrogens with one attached hydrogen (secondary N) is 1. The zero-order chi connectivity index (χ0) is 10.1. The molecule has 3 rings (SSSR count). The molecule has 15 heavy (non-hydrogen) atoms. The fourth-order valence-electron chi connectivity index (χ4n) is 2.93. The van der Waals surface area contributed by atoms with Gasteiger partial charge >= 0.3 is 0 Å². The topological polar surface area (TPSA) is 15.3 Å². The highest BCUT2D eigenvalue weighted by molar-refractivity contribution is 4.92. The highest BCUT2D eigenvalue weighted by Crippen LogP contribution is 2.37. The van der Waals surface area contributed by atoms with Crippen LogP contribution in [0.3, 0.4) is 0 Å². The molecule has 2 heteroatoms. The van der Waals surface area contributed by atoms with Crippen LogP contribution in [-0.4, -0.2) is 36.6 Å². The van der Waals surface area contributed by atoms with Crippen molar-refractivity contribution in [1.29, 1.82) is 0 Å². The summed E-state index contributed by atoms with van der Waals surface area (Å²) >= 11 is 0. The summed E-state index contributed by atoms with van der Waals surface area (Å²) in [5.41, 5.74) is 0. The van der Waals surface area contributed by atoms with Gasteiger partial charge in [-0.05, 0) is 64.0 Å². The zero-order valence-corrected chi connectivity index (χ0v) is 9.75. The van der Waals surface area contributed by atoms with Crippen molar-refractivity contribution in [3.63, 3.8) is 0 Å². The first-order valence-corrected chi connectivity index (χ1v) is 6.90. The molecule has 2 aliphatic carbocycles. The van der Waals surface area contributed by atoms with Gasteiger partial charge in [-0.1, -0.05) is 0 Å². The lowest BCUT2D eigenvalue weighted by Gasteiger charge is -2.31. The summed E-state index contributed by atoms with van der Waals surface area (Å²) in [7, 11) is 0. The lowest BCUT2D eigenvalue weighted by Crippen LogP contribution is -2.39. The van der Waals surface area contributed by atoms with Gasteiger partial charge in [0.2, 0.25) is 0 Å². The molecule has 1 aliphatic heterocycles. The highest BCUT2D eigenvalue weighted by atomic mass is 15.2. The first-order chi connectivity index (χ1) is 7.43. The molecule has 3 fully saturated rings. The maximum Gasteiger partial charge on any atom is 0.0111 e. The Bertz CT molecular complexity index is 201. The molecule has 0 bridgehead atoms. The Morgan fingerprint density at radius 2 is 1.67 bits per heavy atom. The summed E-state index contributed by atoms with van der Waals surface area (Å²) in [5.74, 6) is 1.07. The van der Waals surface area contributed by atoms with Crippen LogP contribution in [-0.2, 0) is 0 Å². The number of nitrogens with zero attached hydrogens (tertiary/aromatic N) is 1. The van der Waals surface area contributed by atoms with E-state index < -0.39 is 0 Å². The molecule has 1 saturated heterocycles. The van der Waals surface area contributed by atoms with Gasteiger partial charge in [-0.25, -0.2) is 0 Å². The van der Waals surface area contributed by atoms with Gasteiger partial charge in [0.25, 0.3) is 0 Å². The summed E-state index contributed by atoms with van der Waals surface area (Å²) < 4.78 is 0. The molecule has 1 heterocycles. The molecule has 1 unspecified atom stereocenters. The average Bonchev–Trinajstić information content (AvgIpc) is 3.08. The Kier molecular flexibility index (Phi) is 2.98. The first kappa shape index (κ1) is 10.1. The molecule has 1 atom stereocenters.